The van der Waals surface area contributed by atoms with Crippen LogP contribution in [0.5, 0.6) is 0 Å². The third kappa shape index (κ3) is 2.57. The van der Waals surface area contributed by atoms with Crippen LogP contribution in [0.25, 0.3) is 0 Å². The quantitative estimate of drug-likeness (QED) is 0.811. The normalized spacial score (nSPS) is 20.8. The van der Waals surface area contributed by atoms with Gasteiger partial charge in [0.25, 0.3) is 0 Å². The molecular formula is C14H21ClN2O. The molecule has 0 saturated carbocycles. The Bertz CT molecular complexity index is 423. The molecule has 1 aromatic rings. The van der Waals surface area contributed by atoms with Gasteiger partial charge in [0.15, 0.2) is 0 Å². The number of hydrogen-bond donors (Lipinski definition) is 2. The molecule has 1 aromatic carbocycles. The second-order valence-electron chi connectivity index (χ2n) is 4.99. The number of halogens is 1. The molecule has 0 aromatic heterocycles. The number of nitrogen functional groups attached to an aromatic ring is 1. The third-order valence-electron chi connectivity index (χ3n) is 3.77. The average Bonchev–Trinajstić information content (AvgIpc) is 2.60. The first kappa shape index (κ1) is 13.5. The lowest BCUT2D eigenvalue weighted by molar-refractivity contribution is 0.255. The van der Waals surface area contributed by atoms with Gasteiger partial charge in [-0.3, -0.25) is 0 Å². The van der Waals surface area contributed by atoms with Gasteiger partial charge in [-0.15, -0.1) is 0 Å². The molecule has 1 aliphatic heterocycles. The predicted octanol–water partition coefficient (Wildman–Crippen LogP) is 2.97. The smallest absolute Gasteiger partial charge is 0.0647 e. The minimum absolute atomic E-state index is 0.159. The van der Waals surface area contributed by atoms with Gasteiger partial charge in [0.05, 0.1) is 24.0 Å². The zero-order valence-electron chi connectivity index (χ0n) is 10.8. The van der Waals surface area contributed by atoms with Gasteiger partial charge in [-0.1, -0.05) is 24.4 Å². The monoisotopic (exact) mass is 268 g/mol. The second kappa shape index (κ2) is 5.81. The van der Waals surface area contributed by atoms with Crippen LogP contribution < -0.4 is 10.6 Å². The Labute approximate surface area is 114 Å². The topological polar surface area (TPSA) is 49.5 Å². The van der Waals surface area contributed by atoms with Gasteiger partial charge in [0.1, 0.15) is 0 Å². The van der Waals surface area contributed by atoms with E-state index < -0.39 is 0 Å². The lowest BCUT2D eigenvalue weighted by Gasteiger charge is -2.33. The number of nitrogens with two attached hydrogens (primary N) is 1. The van der Waals surface area contributed by atoms with Crippen LogP contribution >= 0.6 is 11.6 Å². The highest BCUT2D eigenvalue weighted by atomic mass is 35.5. The molecule has 1 saturated heterocycles. The van der Waals surface area contributed by atoms with Crippen molar-refractivity contribution in [3.05, 3.63) is 22.7 Å². The molecule has 0 bridgehead atoms. The molecule has 3 nitrogen and oxygen atoms in total. The number of hydrogen-bond acceptors (Lipinski definition) is 3. The van der Waals surface area contributed by atoms with E-state index in [1.165, 1.54) is 12.8 Å². The van der Waals surface area contributed by atoms with Crippen molar-refractivity contribution < 1.29 is 5.11 Å². The van der Waals surface area contributed by atoms with Crippen LogP contribution in [0.4, 0.5) is 11.4 Å². The molecule has 0 aliphatic carbocycles. The summed E-state index contributed by atoms with van der Waals surface area (Å²) in [6.07, 6.45) is 4.54. The molecule has 1 aliphatic rings. The molecule has 0 amide bonds. The zero-order chi connectivity index (χ0) is 13.1. The van der Waals surface area contributed by atoms with E-state index >= 15 is 0 Å². The van der Waals surface area contributed by atoms with E-state index in [1.807, 2.05) is 19.1 Å². The Hall–Kier alpha value is -0.930. The van der Waals surface area contributed by atoms with Crippen LogP contribution in [0.15, 0.2) is 12.1 Å². The van der Waals surface area contributed by atoms with Gasteiger partial charge >= 0.3 is 0 Å². The summed E-state index contributed by atoms with van der Waals surface area (Å²) in [6, 6.07) is 3.85. The van der Waals surface area contributed by atoms with Gasteiger partial charge in [0, 0.05) is 11.6 Å². The summed E-state index contributed by atoms with van der Waals surface area (Å²) in [5, 5.41) is 10.3. The van der Waals surface area contributed by atoms with Crippen molar-refractivity contribution in [1.82, 2.24) is 0 Å². The number of aliphatic hydroxyl groups is 1. The lowest BCUT2D eigenvalue weighted by atomic mass is 10.1. The van der Waals surface area contributed by atoms with Gasteiger partial charge < -0.3 is 15.7 Å². The molecule has 100 valence electrons. The second-order valence-corrected chi connectivity index (χ2v) is 5.40. The standard InChI is InChI=1S/C14H21ClN2O/c1-10-12(15)6-7-13(16)14(10)17-8-4-2-3-5-11(17)9-18/h6-7,11,18H,2-5,8-9,16H2,1H3. The van der Waals surface area contributed by atoms with Crippen molar-refractivity contribution in [2.24, 2.45) is 0 Å². The number of rotatable bonds is 2. The van der Waals surface area contributed by atoms with E-state index in [4.69, 9.17) is 17.3 Å². The lowest BCUT2D eigenvalue weighted by Crippen LogP contribution is -2.38. The fraction of sp³-hybridized carbons (Fsp3) is 0.571. The Balaban J connectivity index is 2.41. The van der Waals surface area contributed by atoms with E-state index in [9.17, 15) is 5.11 Å². The molecule has 1 heterocycles. The summed E-state index contributed by atoms with van der Waals surface area (Å²) in [4.78, 5) is 2.24. The maximum atomic E-state index is 9.58. The van der Waals surface area contributed by atoms with Crippen LogP contribution in [0.3, 0.4) is 0 Å². The SMILES string of the molecule is Cc1c(Cl)ccc(N)c1N1CCCCCC1CO. The molecule has 2 rings (SSSR count). The Kier molecular flexibility index (Phi) is 4.36. The van der Waals surface area contributed by atoms with Crippen LogP contribution in [-0.4, -0.2) is 24.3 Å². The summed E-state index contributed by atoms with van der Waals surface area (Å²) in [5.74, 6) is 0. The fourth-order valence-electron chi connectivity index (χ4n) is 2.74. The first-order valence-corrected chi connectivity index (χ1v) is 6.95. The van der Waals surface area contributed by atoms with Crippen molar-refractivity contribution in [1.29, 1.82) is 0 Å². The number of aliphatic hydroxyl groups excluding tert-OH is 1. The van der Waals surface area contributed by atoms with E-state index in [1.54, 1.807) is 0 Å². The van der Waals surface area contributed by atoms with Crippen LogP contribution in [0, 0.1) is 6.92 Å². The van der Waals surface area contributed by atoms with Crippen molar-refractivity contribution in [3.8, 4) is 0 Å². The molecule has 1 unspecified atom stereocenters. The van der Waals surface area contributed by atoms with Crippen molar-refractivity contribution >= 4 is 23.0 Å². The van der Waals surface area contributed by atoms with E-state index in [0.717, 1.165) is 41.3 Å². The minimum Gasteiger partial charge on any atom is -0.397 e. The first-order valence-electron chi connectivity index (χ1n) is 6.57. The molecule has 0 radical (unpaired) electrons. The molecular weight excluding hydrogens is 248 g/mol. The van der Waals surface area contributed by atoms with Gasteiger partial charge in [0.2, 0.25) is 0 Å². The Morgan fingerprint density at radius 2 is 2.17 bits per heavy atom. The summed E-state index contributed by atoms with van der Waals surface area (Å²) in [7, 11) is 0. The van der Waals surface area contributed by atoms with E-state index in [2.05, 4.69) is 4.90 Å². The molecule has 18 heavy (non-hydrogen) atoms. The Morgan fingerprint density at radius 1 is 1.39 bits per heavy atom. The molecule has 3 N–H and O–H groups in total. The molecule has 4 heteroatoms. The average molecular weight is 269 g/mol. The molecule has 1 fully saturated rings. The summed E-state index contributed by atoms with van der Waals surface area (Å²) >= 11 is 6.19. The highest BCUT2D eigenvalue weighted by molar-refractivity contribution is 6.32. The Morgan fingerprint density at radius 3 is 2.89 bits per heavy atom. The fourth-order valence-corrected chi connectivity index (χ4v) is 2.89. The zero-order valence-corrected chi connectivity index (χ0v) is 11.6. The van der Waals surface area contributed by atoms with Crippen molar-refractivity contribution in [2.75, 3.05) is 23.8 Å². The van der Waals surface area contributed by atoms with Crippen molar-refractivity contribution in [3.63, 3.8) is 0 Å². The summed E-state index contributed by atoms with van der Waals surface area (Å²) < 4.78 is 0. The van der Waals surface area contributed by atoms with Gasteiger partial charge in [-0.2, -0.15) is 0 Å². The number of nitrogens with zero attached hydrogens (tertiary/aromatic N) is 1. The maximum absolute atomic E-state index is 9.58. The van der Waals surface area contributed by atoms with Crippen LogP contribution in [0.1, 0.15) is 31.2 Å². The largest absolute Gasteiger partial charge is 0.397 e. The van der Waals surface area contributed by atoms with Gasteiger partial charge in [-0.05, 0) is 37.5 Å². The minimum atomic E-state index is 0.159. The summed E-state index contributed by atoms with van der Waals surface area (Å²) in [6.45, 7) is 3.11. The number of benzene rings is 1. The molecule has 1 atom stereocenters. The van der Waals surface area contributed by atoms with Crippen LogP contribution in [0.2, 0.25) is 5.02 Å². The van der Waals surface area contributed by atoms with Crippen molar-refractivity contribution in [2.45, 2.75) is 38.6 Å². The predicted molar refractivity (Wildman–Crippen MR) is 77.3 cm³/mol. The maximum Gasteiger partial charge on any atom is 0.0647 e. The third-order valence-corrected chi connectivity index (χ3v) is 4.18. The first-order chi connectivity index (χ1) is 8.65. The molecule has 0 spiro atoms. The van der Waals surface area contributed by atoms with Gasteiger partial charge in [-0.25, -0.2) is 0 Å². The van der Waals surface area contributed by atoms with E-state index in [-0.39, 0.29) is 12.6 Å². The highest BCUT2D eigenvalue weighted by Gasteiger charge is 2.24. The number of anilines is 2. The summed E-state index contributed by atoms with van der Waals surface area (Å²) in [5.41, 5.74) is 8.87. The van der Waals surface area contributed by atoms with E-state index in [0.29, 0.717) is 0 Å². The highest BCUT2D eigenvalue weighted by Crippen LogP contribution is 2.35. The van der Waals surface area contributed by atoms with Crippen LogP contribution in [-0.2, 0) is 0 Å².